The molecule has 0 aliphatic carbocycles. The average molecular weight is 268 g/mol. The van der Waals surface area contributed by atoms with Crippen LogP contribution in [0.1, 0.15) is 46.5 Å². The summed E-state index contributed by atoms with van der Waals surface area (Å²) in [6, 6.07) is 5.97. The first-order valence-electron chi connectivity index (χ1n) is 7.98. The van der Waals surface area contributed by atoms with E-state index in [-0.39, 0.29) is 0 Å². The average Bonchev–Trinajstić information content (AvgIpc) is 2.21. The van der Waals surface area contributed by atoms with Crippen molar-refractivity contribution in [3.05, 3.63) is 12.2 Å². The minimum absolute atomic E-state index is 1.04. The summed E-state index contributed by atoms with van der Waals surface area (Å²) in [5, 5.41) is 0. The molecule has 1 aliphatic rings. The highest BCUT2D eigenvalue weighted by Gasteiger charge is 2.30. The molecule has 1 heterocycles. The van der Waals surface area contributed by atoms with Gasteiger partial charge in [0.15, 0.2) is 0 Å². The molecule has 0 N–H and O–H groups in total. The number of allylic oxidation sites excluding steroid dienone is 1. The summed E-state index contributed by atoms with van der Waals surface area (Å²) in [5.74, 6) is 0. The van der Waals surface area contributed by atoms with Gasteiger partial charge >= 0.3 is 0 Å². The zero-order valence-corrected chi connectivity index (χ0v) is 13.9. The van der Waals surface area contributed by atoms with E-state index in [0.717, 1.165) is 0 Å². The van der Waals surface area contributed by atoms with Crippen molar-refractivity contribution < 1.29 is 0 Å². The van der Waals surface area contributed by atoms with Gasteiger partial charge in [-0.1, -0.05) is 50.4 Å². The largest absolute Gasteiger partial charge is 0.303 e. The van der Waals surface area contributed by atoms with Crippen LogP contribution in [-0.4, -0.2) is 32.6 Å². The van der Waals surface area contributed by atoms with Gasteiger partial charge in [-0.15, -0.1) is 6.58 Å². The number of hydrogen-bond acceptors (Lipinski definition) is 1. The lowest BCUT2D eigenvalue weighted by Gasteiger charge is -2.35. The van der Waals surface area contributed by atoms with Crippen LogP contribution in [0, 0.1) is 0 Å². The van der Waals surface area contributed by atoms with Gasteiger partial charge in [0.05, 0.1) is 8.07 Å². The molecule has 1 nitrogen and oxygen atoms in total. The summed E-state index contributed by atoms with van der Waals surface area (Å²) >= 11 is 0. The quantitative estimate of drug-likeness (QED) is 0.401. The molecule has 0 spiro atoms. The SMILES string of the molecule is C=C(C)C[Si](CCC)(CCC)CCCN1CCC1. The van der Waals surface area contributed by atoms with Gasteiger partial charge < -0.3 is 4.90 Å². The van der Waals surface area contributed by atoms with Crippen LogP contribution in [0.25, 0.3) is 0 Å². The molecule has 18 heavy (non-hydrogen) atoms. The third kappa shape index (κ3) is 5.27. The van der Waals surface area contributed by atoms with Crippen molar-refractivity contribution in [2.24, 2.45) is 0 Å². The zero-order chi connectivity index (χ0) is 13.4. The van der Waals surface area contributed by atoms with Crippen molar-refractivity contribution >= 4 is 8.07 Å². The first kappa shape index (κ1) is 16.0. The first-order valence-corrected chi connectivity index (χ1v) is 10.8. The minimum Gasteiger partial charge on any atom is -0.303 e. The Kier molecular flexibility index (Phi) is 7.24. The molecule has 0 unspecified atom stereocenters. The normalized spacial score (nSPS) is 16.6. The van der Waals surface area contributed by atoms with Gasteiger partial charge in [-0.3, -0.25) is 0 Å². The third-order valence-electron chi connectivity index (χ3n) is 4.37. The van der Waals surface area contributed by atoms with Gasteiger partial charge in [-0.05, 0) is 45.4 Å². The van der Waals surface area contributed by atoms with Crippen LogP contribution >= 0.6 is 0 Å². The first-order chi connectivity index (χ1) is 8.62. The second-order valence-electron chi connectivity index (χ2n) is 6.43. The van der Waals surface area contributed by atoms with Crippen LogP contribution in [0.15, 0.2) is 12.2 Å². The standard InChI is InChI=1S/C16H33NSi/c1-5-12-18(13-6-2,15-16(3)4)14-8-11-17-9-7-10-17/h3,5-15H2,1-2,4H3. The molecule has 0 aromatic rings. The molecule has 106 valence electrons. The Morgan fingerprint density at radius 1 is 1.11 bits per heavy atom. The van der Waals surface area contributed by atoms with Crippen LogP contribution in [-0.2, 0) is 0 Å². The maximum Gasteiger partial charge on any atom is 0.0576 e. The Morgan fingerprint density at radius 3 is 2.11 bits per heavy atom. The fourth-order valence-electron chi connectivity index (χ4n) is 3.62. The summed E-state index contributed by atoms with van der Waals surface area (Å²) in [7, 11) is -1.04. The lowest BCUT2D eigenvalue weighted by Crippen LogP contribution is -2.39. The fraction of sp³-hybridized carbons (Fsp3) is 0.875. The zero-order valence-electron chi connectivity index (χ0n) is 12.9. The molecular weight excluding hydrogens is 234 g/mol. The van der Waals surface area contributed by atoms with Crippen molar-refractivity contribution in [1.82, 2.24) is 4.90 Å². The third-order valence-corrected chi connectivity index (χ3v) is 10.3. The molecule has 1 aliphatic heterocycles. The highest BCUT2D eigenvalue weighted by atomic mass is 28.3. The smallest absolute Gasteiger partial charge is 0.0576 e. The van der Waals surface area contributed by atoms with Gasteiger partial charge in [0.2, 0.25) is 0 Å². The second kappa shape index (κ2) is 8.16. The number of likely N-dealkylation sites (tertiary alicyclic amines) is 1. The molecule has 1 fully saturated rings. The van der Waals surface area contributed by atoms with E-state index in [1.165, 1.54) is 75.1 Å². The topological polar surface area (TPSA) is 3.24 Å². The maximum atomic E-state index is 4.20. The van der Waals surface area contributed by atoms with Crippen LogP contribution in [0.5, 0.6) is 0 Å². The lowest BCUT2D eigenvalue weighted by atomic mass is 10.2. The van der Waals surface area contributed by atoms with Crippen molar-refractivity contribution in [3.63, 3.8) is 0 Å². The summed E-state index contributed by atoms with van der Waals surface area (Å²) in [6.45, 7) is 15.2. The molecule has 0 atom stereocenters. The Labute approximate surface area is 116 Å². The molecule has 0 radical (unpaired) electrons. The molecule has 0 amide bonds. The Morgan fingerprint density at radius 2 is 1.72 bits per heavy atom. The van der Waals surface area contributed by atoms with Gasteiger partial charge in [-0.2, -0.15) is 0 Å². The second-order valence-corrected chi connectivity index (χ2v) is 11.3. The van der Waals surface area contributed by atoms with E-state index in [0.29, 0.717) is 0 Å². The van der Waals surface area contributed by atoms with Gasteiger partial charge in [0.25, 0.3) is 0 Å². The van der Waals surface area contributed by atoms with Crippen molar-refractivity contribution in [1.29, 1.82) is 0 Å². The lowest BCUT2D eigenvalue weighted by molar-refractivity contribution is 0.182. The van der Waals surface area contributed by atoms with E-state index >= 15 is 0 Å². The molecule has 0 aromatic carbocycles. The summed E-state index contributed by atoms with van der Waals surface area (Å²) in [5.41, 5.74) is 1.44. The van der Waals surface area contributed by atoms with Crippen LogP contribution in [0.2, 0.25) is 24.2 Å². The summed E-state index contributed by atoms with van der Waals surface area (Å²) in [4.78, 5) is 2.62. The Hall–Kier alpha value is -0.0831. The number of rotatable bonds is 10. The highest BCUT2D eigenvalue weighted by molar-refractivity contribution is 6.80. The van der Waals surface area contributed by atoms with Crippen LogP contribution in [0.3, 0.4) is 0 Å². The van der Waals surface area contributed by atoms with E-state index in [1.54, 1.807) is 0 Å². The Bertz CT molecular complexity index is 239. The maximum absolute atomic E-state index is 4.20. The molecule has 2 heteroatoms. The van der Waals surface area contributed by atoms with Crippen molar-refractivity contribution in [3.8, 4) is 0 Å². The minimum atomic E-state index is -1.04. The Balaban J connectivity index is 2.45. The number of nitrogens with zero attached hydrogens (tertiary/aromatic N) is 1. The molecular formula is C16H33NSi. The molecule has 1 rings (SSSR count). The van der Waals surface area contributed by atoms with Crippen LogP contribution < -0.4 is 0 Å². The highest BCUT2D eigenvalue weighted by Crippen LogP contribution is 2.33. The fourth-order valence-corrected chi connectivity index (χ4v) is 9.21. The predicted octanol–water partition coefficient (Wildman–Crippen LogP) is 4.93. The molecule has 0 aromatic heterocycles. The van der Waals surface area contributed by atoms with Gasteiger partial charge in [0, 0.05) is 0 Å². The van der Waals surface area contributed by atoms with E-state index in [4.69, 9.17) is 0 Å². The molecule has 0 bridgehead atoms. The van der Waals surface area contributed by atoms with Gasteiger partial charge in [0.1, 0.15) is 0 Å². The van der Waals surface area contributed by atoms with Gasteiger partial charge in [-0.25, -0.2) is 0 Å². The van der Waals surface area contributed by atoms with E-state index in [2.05, 4.69) is 32.3 Å². The summed E-state index contributed by atoms with van der Waals surface area (Å²) < 4.78 is 0. The summed E-state index contributed by atoms with van der Waals surface area (Å²) in [6.07, 6.45) is 5.63. The van der Waals surface area contributed by atoms with E-state index < -0.39 is 8.07 Å². The molecule has 0 saturated carbocycles. The molecule has 1 saturated heterocycles. The van der Waals surface area contributed by atoms with Crippen LogP contribution in [0.4, 0.5) is 0 Å². The van der Waals surface area contributed by atoms with E-state index in [1.807, 2.05) is 0 Å². The predicted molar refractivity (Wildman–Crippen MR) is 86.1 cm³/mol. The van der Waals surface area contributed by atoms with Crippen molar-refractivity contribution in [2.45, 2.75) is 70.6 Å². The monoisotopic (exact) mass is 267 g/mol. The van der Waals surface area contributed by atoms with Crippen molar-refractivity contribution in [2.75, 3.05) is 19.6 Å². The number of hydrogen-bond donors (Lipinski definition) is 0. The van der Waals surface area contributed by atoms with E-state index in [9.17, 15) is 0 Å².